The average molecular weight is 437 g/mol. The fourth-order valence-electron chi connectivity index (χ4n) is 5.17. The number of imidazole rings is 1. The zero-order chi connectivity index (χ0) is 22.2. The van der Waals surface area contributed by atoms with Gasteiger partial charge in [0.25, 0.3) is 0 Å². The van der Waals surface area contributed by atoms with Crippen molar-refractivity contribution in [3.8, 4) is 0 Å². The molecule has 1 aliphatic carbocycles. The van der Waals surface area contributed by atoms with E-state index in [1.807, 2.05) is 18.2 Å². The van der Waals surface area contributed by atoms with Crippen LogP contribution in [-0.4, -0.2) is 46.0 Å². The van der Waals surface area contributed by atoms with Gasteiger partial charge in [0.05, 0.1) is 5.52 Å². The lowest BCUT2D eigenvalue weighted by atomic mass is 10.0. The maximum Gasteiger partial charge on any atom is 0.326 e. The Morgan fingerprint density at radius 3 is 2.66 bits per heavy atom. The molecule has 1 unspecified atom stereocenters. The molecule has 0 spiro atoms. The molecule has 168 valence electrons. The minimum Gasteiger partial charge on any atom is -0.352 e. The molecule has 1 aromatic heterocycles. The molecule has 2 heterocycles. The largest absolute Gasteiger partial charge is 0.352 e. The first-order valence-corrected chi connectivity index (χ1v) is 11.5. The van der Waals surface area contributed by atoms with Gasteiger partial charge in [0.15, 0.2) is 0 Å². The van der Waals surface area contributed by atoms with Crippen molar-refractivity contribution in [2.45, 2.75) is 44.2 Å². The SMILES string of the molecule is C[C@@H](CN1CCC(n2c(=O)[nH]c3c(F)cccc32)CC1)NC(=O)[C@H]1CC1c1ccccc1. The highest BCUT2D eigenvalue weighted by Gasteiger charge is 2.44. The molecule has 2 aliphatic rings. The van der Waals surface area contributed by atoms with Gasteiger partial charge in [-0.3, -0.25) is 9.36 Å². The van der Waals surface area contributed by atoms with Crippen LogP contribution < -0.4 is 11.0 Å². The number of hydrogen-bond donors (Lipinski definition) is 2. The summed E-state index contributed by atoms with van der Waals surface area (Å²) in [4.78, 5) is 30.1. The van der Waals surface area contributed by atoms with Gasteiger partial charge in [-0.05, 0) is 49.8 Å². The summed E-state index contributed by atoms with van der Waals surface area (Å²) in [6.07, 6.45) is 2.57. The number of carbonyl (C=O) groups is 1. The third-order valence-electron chi connectivity index (χ3n) is 6.90. The highest BCUT2D eigenvalue weighted by molar-refractivity contribution is 5.83. The number of amides is 1. The topological polar surface area (TPSA) is 70.1 Å². The Balaban J connectivity index is 1.13. The van der Waals surface area contributed by atoms with Crippen LogP contribution in [0, 0.1) is 11.7 Å². The van der Waals surface area contributed by atoms with Crippen molar-refractivity contribution in [3.63, 3.8) is 0 Å². The molecular weight excluding hydrogens is 407 g/mol. The van der Waals surface area contributed by atoms with E-state index in [4.69, 9.17) is 0 Å². The number of halogens is 1. The first-order chi connectivity index (χ1) is 15.5. The number of benzene rings is 2. The van der Waals surface area contributed by atoms with Crippen LogP contribution in [-0.2, 0) is 4.79 Å². The number of likely N-dealkylation sites (tertiary alicyclic amines) is 1. The fourth-order valence-corrected chi connectivity index (χ4v) is 5.17. The molecule has 3 aromatic rings. The fraction of sp³-hybridized carbons (Fsp3) is 0.440. The number of piperidine rings is 1. The molecule has 1 aliphatic heterocycles. The zero-order valence-electron chi connectivity index (χ0n) is 18.3. The molecule has 2 aromatic carbocycles. The summed E-state index contributed by atoms with van der Waals surface area (Å²) in [5.41, 5.74) is 1.91. The van der Waals surface area contributed by atoms with Crippen LogP contribution in [0.2, 0.25) is 0 Å². The lowest BCUT2D eigenvalue weighted by molar-refractivity contribution is -0.123. The van der Waals surface area contributed by atoms with Gasteiger partial charge in [0.1, 0.15) is 11.3 Å². The monoisotopic (exact) mass is 436 g/mol. The maximum absolute atomic E-state index is 14.0. The van der Waals surface area contributed by atoms with E-state index in [1.165, 1.54) is 11.6 Å². The van der Waals surface area contributed by atoms with Crippen LogP contribution in [0.1, 0.15) is 43.7 Å². The number of aromatic amines is 1. The van der Waals surface area contributed by atoms with Gasteiger partial charge in [-0.1, -0.05) is 36.4 Å². The molecule has 1 saturated heterocycles. The van der Waals surface area contributed by atoms with Crippen LogP contribution in [0.15, 0.2) is 53.3 Å². The normalized spacial score (nSPS) is 22.7. The van der Waals surface area contributed by atoms with Crippen LogP contribution in [0.5, 0.6) is 0 Å². The number of rotatable bonds is 6. The summed E-state index contributed by atoms with van der Waals surface area (Å²) in [5, 5.41) is 3.18. The van der Waals surface area contributed by atoms with Gasteiger partial charge in [-0.25, -0.2) is 9.18 Å². The lowest BCUT2D eigenvalue weighted by Crippen LogP contribution is -2.45. The summed E-state index contributed by atoms with van der Waals surface area (Å²) in [5.74, 6) is 0.178. The Morgan fingerprint density at radius 2 is 1.91 bits per heavy atom. The third kappa shape index (κ3) is 4.09. The highest BCUT2D eigenvalue weighted by atomic mass is 19.1. The van der Waals surface area contributed by atoms with Crippen molar-refractivity contribution >= 4 is 16.9 Å². The van der Waals surface area contributed by atoms with E-state index in [2.05, 4.69) is 34.3 Å². The van der Waals surface area contributed by atoms with Crippen molar-refractivity contribution in [1.29, 1.82) is 0 Å². The predicted molar refractivity (Wildman–Crippen MR) is 122 cm³/mol. The summed E-state index contributed by atoms with van der Waals surface area (Å²) < 4.78 is 15.7. The molecule has 2 fully saturated rings. The van der Waals surface area contributed by atoms with Crippen molar-refractivity contribution in [1.82, 2.24) is 19.8 Å². The average Bonchev–Trinajstić information content (AvgIpc) is 3.52. The number of carbonyl (C=O) groups excluding carboxylic acids is 1. The van der Waals surface area contributed by atoms with E-state index in [0.717, 1.165) is 38.9 Å². The summed E-state index contributed by atoms with van der Waals surface area (Å²) in [6, 6.07) is 15.2. The first-order valence-electron chi connectivity index (χ1n) is 11.5. The molecule has 6 nitrogen and oxygen atoms in total. The van der Waals surface area contributed by atoms with E-state index in [9.17, 15) is 14.0 Å². The summed E-state index contributed by atoms with van der Waals surface area (Å²) in [6.45, 7) is 4.53. The number of aromatic nitrogens is 2. The third-order valence-corrected chi connectivity index (χ3v) is 6.90. The molecule has 0 radical (unpaired) electrons. The second kappa shape index (κ2) is 8.54. The first kappa shape index (κ1) is 20.9. The minimum absolute atomic E-state index is 0.0530. The summed E-state index contributed by atoms with van der Waals surface area (Å²) >= 11 is 0. The van der Waals surface area contributed by atoms with Gasteiger partial charge in [0.2, 0.25) is 5.91 Å². The number of nitrogens with one attached hydrogen (secondary N) is 2. The molecule has 1 amide bonds. The minimum atomic E-state index is -0.398. The van der Waals surface area contributed by atoms with Crippen LogP contribution in [0.3, 0.4) is 0 Å². The summed E-state index contributed by atoms with van der Waals surface area (Å²) in [7, 11) is 0. The molecule has 7 heteroatoms. The second-order valence-corrected chi connectivity index (χ2v) is 9.23. The quantitative estimate of drug-likeness (QED) is 0.622. The lowest BCUT2D eigenvalue weighted by Gasteiger charge is -2.34. The Hall–Kier alpha value is -2.93. The molecule has 3 atom stereocenters. The van der Waals surface area contributed by atoms with Gasteiger partial charge in [-0.2, -0.15) is 0 Å². The van der Waals surface area contributed by atoms with Gasteiger partial charge >= 0.3 is 5.69 Å². The Bertz CT molecular complexity index is 1160. The second-order valence-electron chi connectivity index (χ2n) is 9.23. The van der Waals surface area contributed by atoms with Crippen molar-refractivity contribution in [3.05, 3.63) is 70.4 Å². The standard InChI is InChI=1S/C25H29FN4O2/c1-16(27-24(31)20-14-19(20)17-6-3-2-4-7-17)15-29-12-10-18(11-13-29)30-22-9-5-8-21(26)23(22)28-25(30)32/h2-9,16,18-20H,10-15H2,1H3,(H,27,31)(H,28,32)/t16-,19?,20-/m0/s1. The van der Waals surface area contributed by atoms with Gasteiger partial charge in [-0.15, -0.1) is 0 Å². The number of hydrogen-bond acceptors (Lipinski definition) is 3. The smallest absolute Gasteiger partial charge is 0.326 e. The molecular formula is C25H29FN4O2. The zero-order valence-corrected chi connectivity index (χ0v) is 18.3. The van der Waals surface area contributed by atoms with Crippen LogP contribution in [0.4, 0.5) is 4.39 Å². The van der Waals surface area contributed by atoms with Crippen molar-refractivity contribution in [2.75, 3.05) is 19.6 Å². The number of fused-ring (bicyclic) bond motifs is 1. The van der Waals surface area contributed by atoms with E-state index >= 15 is 0 Å². The van der Waals surface area contributed by atoms with Crippen molar-refractivity contribution in [2.24, 2.45) is 5.92 Å². The van der Waals surface area contributed by atoms with E-state index < -0.39 is 5.82 Å². The molecule has 1 saturated carbocycles. The van der Waals surface area contributed by atoms with E-state index in [1.54, 1.807) is 16.7 Å². The van der Waals surface area contributed by atoms with Crippen LogP contribution >= 0.6 is 0 Å². The van der Waals surface area contributed by atoms with Crippen LogP contribution in [0.25, 0.3) is 11.0 Å². The molecule has 0 bridgehead atoms. The predicted octanol–water partition coefficient (Wildman–Crippen LogP) is 3.41. The maximum atomic E-state index is 14.0. The molecule has 32 heavy (non-hydrogen) atoms. The van der Waals surface area contributed by atoms with Gasteiger partial charge in [0, 0.05) is 37.6 Å². The van der Waals surface area contributed by atoms with E-state index in [-0.39, 0.29) is 35.1 Å². The Morgan fingerprint density at radius 1 is 1.16 bits per heavy atom. The Labute approximate surface area is 186 Å². The molecule has 5 rings (SSSR count). The number of nitrogens with zero attached hydrogens (tertiary/aromatic N) is 2. The van der Waals surface area contributed by atoms with Crippen molar-refractivity contribution < 1.29 is 9.18 Å². The number of para-hydroxylation sites is 1. The Kier molecular flexibility index (Phi) is 5.59. The number of H-pyrrole nitrogens is 1. The highest BCUT2D eigenvalue weighted by Crippen LogP contribution is 2.47. The van der Waals surface area contributed by atoms with E-state index in [0.29, 0.717) is 11.4 Å². The molecule has 2 N–H and O–H groups in total. The van der Waals surface area contributed by atoms with Gasteiger partial charge < -0.3 is 15.2 Å².